The van der Waals surface area contributed by atoms with E-state index in [0.717, 1.165) is 31.7 Å². The lowest BCUT2D eigenvalue weighted by molar-refractivity contribution is -0.143. The molecular formula is C26H24F6N2O3S. The number of benzene rings is 2. The summed E-state index contributed by atoms with van der Waals surface area (Å²) in [4.78, 5) is 17.5. The summed E-state index contributed by atoms with van der Waals surface area (Å²) in [7, 11) is 1.34. The van der Waals surface area contributed by atoms with Gasteiger partial charge in [0.15, 0.2) is 16.7 Å². The largest absolute Gasteiger partial charge is 0.493 e. The smallest absolute Gasteiger partial charge is 0.416 e. The highest BCUT2D eigenvalue weighted by Crippen LogP contribution is 2.38. The molecule has 1 N–H and O–H groups in total. The normalized spacial score (nSPS) is 19.2. The number of halogens is 6. The van der Waals surface area contributed by atoms with Crippen LogP contribution in [-0.4, -0.2) is 24.2 Å². The van der Waals surface area contributed by atoms with Gasteiger partial charge in [0.25, 0.3) is 5.91 Å². The van der Waals surface area contributed by atoms with Gasteiger partial charge in [-0.1, -0.05) is 31.4 Å². The predicted molar refractivity (Wildman–Crippen MR) is 132 cm³/mol. The fourth-order valence-electron chi connectivity index (χ4n) is 4.21. The summed E-state index contributed by atoms with van der Waals surface area (Å²) in [6.45, 7) is -0.636. The molecule has 0 unspecified atom stereocenters. The van der Waals surface area contributed by atoms with E-state index in [9.17, 15) is 31.1 Å². The molecule has 2 aromatic carbocycles. The van der Waals surface area contributed by atoms with Crippen LogP contribution in [0, 0.1) is 0 Å². The minimum Gasteiger partial charge on any atom is -0.493 e. The van der Waals surface area contributed by atoms with E-state index in [1.165, 1.54) is 31.4 Å². The molecule has 1 aliphatic heterocycles. The van der Waals surface area contributed by atoms with Crippen molar-refractivity contribution in [1.29, 1.82) is 0 Å². The Morgan fingerprint density at radius 2 is 1.74 bits per heavy atom. The van der Waals surface area contributed by atoms with Gasteiger partial charge in [0, 0.05) is 5.56 Å². The minimum atomic E-state index is -5.00. The topological polar surface area (TPSA) is 59.9 Å². The lowest BCUT2D eigenvalue weighted by Gasteiger charge is -2.17. The highest BCUT2D eigenvalue weighted by atomic mass is 32.2. The van der Waals surface area contributed by atoms with E-state index in [1.54, 1.807) is 18.2 Å². The van der Waals surface area contributed by atoms with Gasteiger partial charge in [-0.2, -0.15) is 26.3 Å². The summed E-state index contributed by atoms with van der Waals surface area (Å²) in [6.07, 6.45) is -2.86. The average molecular weight is 559 g/mol. The molecule has 204 valence electrons. The van der Waals surface area contributed by atoms with Gasteiger partial charge in [-0.25, -0.2) is 0 Å². The van der Waals surface area contributed by atoms with Gasteiger partial charge in [-0.05, 0) is 60.5 Å². The zero-order valence-corrected chi connectivity index (χ0v) is 21.0. The molecule has 5 nitrogen and oxygen atoms in total. The first-order chi connectivity index (χ1) is 17.9. The first-order valence-electron chi connectivity index (χ1n) is 11.8. The zero-order chi connectivity index (χ0) is 27.5. The van der Waals surface area contributed by atoms with Crippen LogP contribution in [0.2, 0.25) is 0 Å². The first kappa shape index (κ1) is 27.9. The average Bonchev–Trinajstić information content (AvgIpc) is 3.20. The van der Waals surface area contributed by atoms with Crippen LogP contribution >= 0.6 is 11.8 Å². The van der Waals surface area contributed by atoms with Crippen LogP contribution < -0.4 is 14.8 Å². The van der Waals surface area contributed by atoms with Gasteiger partial charge in [0.1, 0.15) is 6.61 Å². The Balaban J connectivity index is 1.50. The predicted octanol–water partition coefficient (Wildman–Crippen LogP) is 7.20. The quantitative estimate of drug-likeness (QED) is 0.301. The Bertz CT molecular complexity index is 1250. The number of nitrogens with zero attached hydrogens (tertiary/aromatic N) is 1. The van der Waals surface area contributed by atoms with Crippen molar-refractivity contribution >= 4 is 28.9 Å². The van der Waals surface area contributed by atoms with Crippen LogP contribution in [0.4, 0.5) is 26.3 Å². The van der Waals surface area contributed by atoms with Crippen molar-refractivity contribution in [3.63, 3.8) is 0 Å². The van der Waals surface area contributed by atoms with Crippen molar-refractivity contribution in [2.45, 2.75) is 57.1 Å². The van der Waals surface area contributed by atoms with Crippen LogP contribution in [0.1, 0.15) is 54.4 Å². The van der Waals surface area contributed by atoms with Gasteiger partial charge in [0.2, 0.25) is 0 Å². The summed E-state index contributed by atoms with van der Waals surface area (Å²) < 4.78 is 89.8. The van der Waals surface area contributed by atoms with Gasteiger partial charge in [-0.3, -0.25) is 9.79 Å². The minimum absolute atomic E-state index is 0.0708. The number of carbonyl (C=O) groups is 1. The maximum atomic E-state index is 13.4. The molecule has 0 bridgehead atoms. The summed E-state index contributed by atoms with van der Waals surface area (Å²) in [5.74, 6) is -0.0177. The maximum absolute atomic E-state index is 13.4. The van der Waals surface area contributed by atoms with Crippen LogP contribution in [0.25, 0.3) is 6.08 Å². The number of ether oxygens (including phenoxy) is 2. The number of hydrogen-bond acceptors (Lipinski definition) is 5. The van der Waals surface area contributed by atoms with E-state index in [0.29, 0.717) is 21.7 Å². The Morgan fingerprint density at radius 3 is 2.39 bits per heavy atom. The molecule has 1 saturated carbocycles. The molecular weight excluding hydrogens is 534 g/mol. The third-order valence-electron chi connectivity index (χ3n) is 6.14. The third kappa shape index (κ3) is 6.83. The van der Waals surface area contributed by atoms with Crippen molar-refractivity contribution < 1.29 is 40.6 Å². The van der Waals surface area contributed by atoms with Crippen molar-refractivity contribution in [2.24, 2.45) is 4.99 Å². The molecule has 0 radical (unpaired) electrons. The van der Waals surface area contributed by atoms with E-state index in [4.69, 9.17) is 9.47 Å². The highest BCUT2D eigenvalue weighted by molar-refractivity contribution is 8.18. The van der Waals surface area contributed by atoms with E-state index in [1.807, 2.05) is 0 Å². The molecule has 38 heavy (non-hydrogen) atoms. The number of alkyl halides is 6. The van der Waals surface area contributed by atoms with Crippen molar-refractivity contribution in [1.82, 2.24) is 5.32 Å². The van der Waals surface area contributed by atoms with Gasteiger partial charge < -0.3 is 14.8 Å². The number of thioether (sulfide) groups is 1. The fraction of sp³-hybridized carbons (Fsp3) is 0.385. The standard InChI is InChI=1S/C26H24F6N2O3S/c1-36-21-11-15(12-22-23(35)34-24(38-22)33-18-5-3-2-4-6-18)7-10-20(21)37-14-16-8-9-17(25(27,28)29)13-19(16)26(30,31)32/h7-13,18H,2-6,14H2,1H3,(H,33,34,35)/b22-12-. The van der Waals surface area contributed by atoms with E-state index in [2.05, 4.69) is 10.3 Å². The van der Waals surface area contributed by atoms with E-state index in [-0.39, 0.29) is 29.5 Å². The summed E-state index contributed by atoms with van der Waals surface area (Å²) in [5.41, 5.74) is -2.70. The van der Waals surface area contributed by atoms with E-state index >= 15 is 0 Å². The zero-order valence-electron chi connectivity index (χ0n) is 20.2. The number of hydrogen-bond donors (Lipinski definition) is 1. The van der Waals surface area contributed by atoms with Crippen LogP contribution in [-0.2, 0) is 23.8 Å². The summed E-state index contributed by atoms with van der Waals surface area (Å²) >= 11 is 1.23. The van der Waals surface area contributed by atoms with Gasteiger partial charge >= 0.3 is 12.4 Å². The molecule has 1 heterocycles. The molecule has 0 spiro atoms. The molecule has 12 heteroatoms. The SMILES string of the molecule is COc1cc(/C=C2\SC(=NC3CCCCC3)NC2=O)ccc1OCc1ccc(C(F)(F)F)cc1C(F)(F)F. The Hall–Kier alpha value is -3.15. The maximum Gasteiger partial charge on any atom is 0.416 e. The molecule has 1 amide bonds. The Kier molecular flexibility index (Phi) is 8.29. The second-order valence-corrected chi connectivity index (χ2v) is 9.89. The number of nitrogens with one attached hydrogen (secondary N) is 1. The monoisotopic (exact) mass is 558 g/mol. The third-order valence-corrected chi connectivity index (χ3v) is 7.06. The molecule has 2 aromatic rings. The van der Waals surface area contributed by atoms with E-state index < -0.39 is 35.6 Å². The fourth-order valence-corrected chi connectivity index (χ4v) is 5.10. The number of amides is 1. The molecule has 0 aromatic heterocycles. The van der Waals surface area contributed by atoms with Crippen LogP contribution in [0.3, 0.4) is 0 Å². The van der Waals surface area contributed by atoms with Crippen molar-refractivity contribution in [3.8, 4) is 11.5 Å². The molecule has 0 atom stereocenters. The number of methoxy groups -OCH3 is 1. The summed E-state index contributed by atoms with van der Waals surface area (Å²) in [6, 6.07) is 6.19. The molecule has 1 saturated heterocycles. The lowest BCUT2D eigenvalue weighted by atomic mass is 9.96. The second-order valence-electron chi connectivity index (χ2n) is 8.86. The second kappa shape index (κ2) is 11.3. The highest BCUT2D eigenvalue weighted by Gasteiger charge is 2.38. The number of carbonyl (C=O) groups excluding carboxylic acids is 1. The van der Waals surface area contributed by atoms with Crippen LogP contribution in [0.5, 0.6) is 11.5 Å². The van der Waals surface area contributed by atoms with Gasteiger partial charge in [-0.15, -0.1) is 0 Å². The lowest BCUT2D eigenvalue weighted by Crippen LogP contribution is -2.22. The van der Waals surface area contributed by atoms with Crippen molar-refractivity contribution in [2.75, 3.05) is 7.11 Å². The Labute approximate surface area is 219 Å². The molecule has 4 rings (SSSR count). The molecule has 2 aliphatic rings. The van der Waals surface area contributed by atoms with Crippen LogP contribution in [0.15, 0.2) is 46.3 Å². The number of aliphatic imine (C=N–C) groups is 1. The summed E-state index contributed by atoms with van der Waals surface area (Å²) in [5, 5.41) is 3.32. The van der Waals surface area contributed by atoms with Gasteiger partial charge in [0.05, 0.1) is 29.2 Å². The molecule has 1 aliphatic carbocycles. The first-order valence-corrected chi connectivity index (χ1v) is 12.6. The van der Waals surface area contributed by atoms with Crippen molar-refractivity contribution in [3.05, 3.63) is 63.6 Å². The Morgan fingerprint density at radius 1 is 1.00 bits per heavy atom. The number of amidine groups is 1. The molecule has 2 fully saturated rings. The number of rotatable bonds is 6.